The first-order valence-corrected chi connectivity index (χ1v) is 10.6. The first-order valence-electron chi connectivity index (χ1n) is 10.6. The number of nitrogens with one attached hydrogen (secondary N) is 2. The third-order valence-corrected chi connectivity index (χ3v) is 5.70. The molecule has 0 fully saturated rings. The summed E-state index contributed by atoms with van der Waals surface area (Å²) in [7, 11) is 5.06. The first kappa shape index (κ1) is 23.8. The number of carbonyl (C=O) groups is 1. The fourth-order valence-corrected chi connectivity index (χ4v) is 3.43. The van der Waals surface area contributed by atoms with Crippen molar-refractivity contribution in [2.24, 2.45) is 12.0 Å². The van der Waals surface area contributed by atoms with Crippen molar-refractivity contribution in [2.75, 3.05) is 19.5 Å². The van der Waals surface area contributed by atoms with Crippen LogP contribution in [-0.4, -0.2) is 35.9 Å². The molecule has 2 N–H and O–H groups in total. The van der Waals surface area contributed by atoms with Crippen LogP contribution in [0.4, 0.5) is 5.69 Å². The molecule has 0 saturated heterocycles. The van der Waals surface area contributed by atoms with Crippen LogP contribution < -0.4 is 20.1 Å². The van der Waals surface area contributed by atoms with Crippen molar-refractivity contribution in [3.63, 3.8) is 0 Å². The van der Waals surface area contributed by atoms with E-state index < -0.39 is 0 Å². The molecule has 2 aromatic carbocycles. The predicted octanol–water partition coefficient (Wildman–Crippen LogP) is 4.07. The molecule has 0 spiro atoms. The molecule has 0 unspecified atom stereocenters. The lowest BCUT2D eigenvalue weighted by atomic mass is 10.1. The molecule has 1 heterocycles. The zero-order valence-electron chi connectivity index (χ0n) is 20.2. The number of aliphatic imine (C=N–C) groups is 1. The van der Waals surface area contributed by atoms with E-state index in [1.54, 1.807) is 32.4 Å². The van der Waals surface area contributed by atoms with Gasteiger partial charge in [-0.25, -0.2) is 4.99 Å². The Hall–Kier alpha value is -3.81. The van der Waals surface area contributed by atoms with Crippen molar-refractivity contribution in [1.29, 1.82) is 0 Å². The van der Waals surface area contributed by atoms with Gasteiger partial charge in [0.15, 0.2) is 11.5 Å². The number of ether oxygens (including phenoxy) is 2. The molecular weight excluding hydrogens is 418 g/mol. The Morgan fingerprint density at radius 3 is 2.33 bits per heavy atom. The molecule has 0 atom stereocenters. The molecule has 0 aliphatic carbocycles. The Morgan fingerprint density at radius 1 is 1.00 bits per heavy atom. The number of rotatable bonds is 6. The molecule has 0 saturated carbocycles. The minimum Gasteiger partial charge on any atom is -0.493 e. The van der Waals surface area contributed by atoms with E-state index in [1.807, 2.05) is 57.6 Å². The summed E-state index contributed by atoms with van der Waals surface area (Å²) < 4.78 is 12.5. The summed E-state index contributed by atoms with van der Waals surface area (Å²) >= 11 is 0. The first-order chi connectivity index (χ1) is 15.7. The number of amides is 1. The van der Waals surface area contributed by atoms with Gasteiger partial charge >= 0.3 is 0 Å². The van der Waals surface area contributed by atoms with Crippen LogP contribution in [0.5, 0.6) is 11.5 Å². The van der Waals surface area contributed by atoms with Gasteiger partial charge in [-0.05, 0) is 63.1 Å². The van der Waals surface area contributed by atoms with Gasteiger partial charge in [0, 0.05) is 35.6 Å². The zero-order chi connectivity index (χ0) is 24.1. The molecule has 1 aromatic heterocycles. The van der Waals surface area contributed by atoms with Crippen molar-refractivity contribution in [2.45, 2.75) is 34.2 Å². The van der Waals surface area contributed by atoms with Crippen LogP contribution >= 0.6 is 0 Å². The van der Waals surface area contributed by atoms with Crippen LogP contribution in [0.15, 0.2) is 41.4 Å². The molecule has 0 bridgehead atoms. The van der Waals surface area contributed by atoms with Crippen molar-refractivity contribution in [1.82, 2.24) is 15.1 Å². The Kier molecular flexibility index (Phi) is 7.37. The number of anilines is 1. The number of methoxy groups -OCH3 is 2. The van der Waals surface area contributed by atoms with Crippen molar-refractivity contribution in [3.05, 3.63) is 70.0 Å². The standard InChI is InChI=1S/C25H31N5O3/c1-15-8-9-19(12-16(15)2)24(31)28-25(26-14-21-17(3)29-30(5)18(21)4)27-20-10-11-22(32-6)23(13-20)33-7/h8-13H,14H2,1-7H3,(H2,26,27,28,31). The highest BCUT2D eigenvalue weighted by Crippen LogP contribution is 2.29. The minimum absolute atomic E-state index is 0.246. The van der Waals surface area contributed by atoms with E-state index >= 15 is 0 Å². The van der Waals surface area contributed by atoms with Gasteiger partial charge < -0.3 is 14.8 Å². The minimum atomic E-state index is -0.246. The topological polar surface area (TPSA) is 89.8 Å². The van der Waals surface area contributed by atoms with E-state index in [9.17, 15) is 4.79 Å². The molecule has 33 heavy (non-hydrogen) atoms. The smallest absolute Gasteiger partial charge is 0.257 e. The number of hydrogen-bond acceptors (Lipinski definition) is 5. The highest BCUT2D eigenvalue weighted by molar-refractivity contribution is 6.10. The Bertz CT molecular complexity index is 1200. The van der Waals surface area contributed by atoms with E-state index in [0.717, 1.165) is 28.1 Å². The molecular formula is C25H31N5O3. The van der Waals surface area contributed by atoms with Crippen LogP contribution in [0.1, 0.15) is 38.4 Å². The molecule has 8 heteroatoms. The molecule has 174 valence electrons. The van der Waals surface area contributed by atoms with E-state index in [1.165, 1.54) is 0 Å². The summed E-state index contributed by atoms with van der Waals surface area (Å²) in [6.45, 7) is 8.32. The Balaban J connectivity index is 1.91. The van der Waals surface area contributed by atoms with Gasteiger partial charge in [0.05, 0.1) is 26.5 Å². The molecule has 8 nitrogen and oxygen atoms in total. The molecule has 0 aliphatic heterocycles. The third-order valence-electron chi connectivity index (χ3n) is 5.70. The van der Waals surface area contributed by atoms with Gasteiger partial charge in [0.2, 0.25) is 5.96 Å². The lowest BCUT2D eigenvalue weighted by Gasteiger charge is -2.14. The number of hydrogen-bond donors (Lipinski definition) is 2. The van der Waals surface area contributed by atoms with Gasteiger partial charge in [-0.15, -0.1) is 0 Å². The average Bonchev–Trinajstić information content (AvgIpc) is 3.04. The summed E-state index contributed by atoms with van der Waals surface area (Å²) in [6.07, 6.45) is 0. The van der Waals surface area contributed by atoms with E-state index in [2.05, 4.69) is 20.7 Å². The van der Waals surface area contributed by atoms with E-state index in [4.69, 9.17) is 9.47 Å². The zero-order valence-corrected chi connectivity index (χ0v) is 20.2. The average molecular weight is 450 g/mol. The Labute approximate surface area is 194 Å². The summed E-state index contributed by atoms with van der Waals surface area (Å²) in [6, 6.07) is 11.0. The van der Waals surface area contributed by atoms with Gasteiger partial charge in [-0.1, -0.05) is 6.07 Å². The maximum Gasteiger partial charge on any atom is 0.257 e. The van der Waals surface area contributed by atoms with Crippen LogP contribution in [-0.2, 0) is 13.6 Å². The molecule has 0 aliphatic rings. The fraction of sp³-hybridized carbons (Fsp3) is 0.320. The number of nitrogens with zero attached hydrogens (tertiary/aromatic N) is 3. The highest BCUT2D eigenvalue weighted by atomic mass is 16.5. The van der Waals surface area contributed by atoms with Gasteiger partial charge in [0.1, 0.15) is 0 Å². The SMILES string of the molecule is COc1ccc(NC(=NCc2c(C)nn(C)c2C)NC(=O)c2ccc(C)c(C)c2)cc1OC. The molecule has 3 rings (SSSR count). The normalized spacial score (nSPS) is 11.3. The van der Waals surface area contributed by atoms with Gasteiger partial charge in [-0.2, -0.15) is 5.10 Å². The number of guanidine groups is 1. The number of aromatic nitrogens is 2. The predicted molar refractivity (Wildman–Crippen MR) is 130 cm³/mol. The lowest BCUT2D eigenvalue weighted by molar-refractivity contribution is 0.0977. The second kappa shape index (κ2) is 10.2. The lowest BCUT2D eigenvalue weighted by Crippen LogP contribution is -2.36. The summed E-state index contributed by atoms with van der Waals surface area (Å²) in [5.74, 6) is 1.26. The maximum absolute atomic E-state index is 13.0. The Morgan fingerprint density at radius 2 is 1.73 bits per heavy atom. The quantitative estimate of drug-likeness (QED) is 0.437. The van der Waals surface area contributed by atoms with Crippen LogP contribution in [0, 0.1) is 27.7 Å². The van der Waals surface area contributed by atoms with Crippen molar-refractivity contribution < 1.29 is 14.3 Å². The highest BCUT2D eigenvalue weighted by Gasteiger charge is 2.14. The number of carbonyl (C=O) groups excluding carboxylic acids is 1. The van der Waals surface area contributed by atoms with Gasteiger partial charge in [-0.3, -0.25) is 14.8 Å². The summed E-state index contributed by atoms with van der Waals surface area (Å²) in [5, 5.41) is 10.6. The third kappa shape index (κ3) is 5.52. The fourth-order valence-electron chi connectivity index (χ4n) is 3.43. The van der Waals surface area contributed by atoms with Crippen molar-refractivity contribution in [3.8, 4) is 11.5 Å². The largest absolute Gasteiger partial charge is 0.493 e. The van der Waals surface area contributed by atoms with E-state index in [-0.39, 0.29) is 5.91 Å². The number of aryl methyl sites for hydroxylation is 4. The molecule has 3 aromatic rings. The number of benzene rings is 2. The van der Waals surface area contributed by atoms with Crippen molar-refractivity contribution >= 4 is 17.6 Å². The molecule has 1 amide bonds. The summed E-state index contributed by atoms with van der Waals surface area (Å²) in [4.78, 5) is 17.7. The summed E-state index contributed by atoms with van der Waals surface area (Å²) in [5.41, 5.74) is 6.40. The van der Waals surface area contributed by atoms with Crippen LogP contribution in [0.3, 0.4) is 0 Å². The van der Waals surface area contributed by atoms with Crippen LogP contribution in [0.2, 0.25) is 0 Å². The molecule has 0 radical (unpaired) electrons. The van der Waals surface area contributed by atoms with E-state index in [0.29, 0.717) is 35.3 Å². The van der Waals surface area contributed by atoms with Crippen LogP contribution in [0.25, 0.3) is 0 Å². The monoisotopic (exact) mass is 449 g/mol. The maximum atomic E-state index is 13.0. The van der Waals surface area contributed by atoms with Gasteiger partial charge in [0.25, 0.3) is 5.91 Å². The second-order valence-electron chi connectivity index (χ2n) is 7.89. The second-order valence-corrected chi connectivity index (χ2v) is 7.89.